The SMILES string of the molecule is CC(C)(C)C(=O)NC(c1ccc2ccc(C3C#CC=CC=C3)nc2c1)c1nccnc1Cl. The topological polar surface area (TPSA) is 67.8 Å². The molecule has 0 bridgehead atoms. The van der Waals surface area contributed by atoms with E-state index in [0.29, 0.717) is 5.69 Å². The van der Waals surface area contributed by atoms with Gasteiger partial charge in [-0.25, -0.2) is 4.98 Å². The molecule has 1 aromatic carbocycles. The standard InChI is InChI=1S/C26H23ClN4O/c1-26(2,3)25(32)31-22(23-24(27)29-15-14-28-23)19-11-10-18-12-13-20(30-21(18)16-19)17-8-6-4-5-7-9-17/h4-6,8,10-17,22H,1-3H3,(H,31,32). The summed E-state index contributed by atoms with van der Waals surface area (Å²) >= 11 is 6.36. The fourth-order valence-corrected chi connectivity index (χ4v) is 3.54. The van der Waals surface area contributed by atoms with E-state index in [2.05, 4.69) is 27.1 Å². The van der Waals surface area contributed by atoms with Gasteiger partial charge in [-0.2, -0.15) is 0 Å². The highest BCUT2D eigenvalue weighted by atomic mass is 35.5. The molecule has 32 heavy (non-hydrogen) atoms. The first-order valence-electron chi connectivity index (χ1n) is 10.4. The van der Waals surface area contributed by atoms with Crippen LogP contribution in [-0.2, 0) is 4.79 Å². The van der Waals surface area contributed by atoms with Crippen LogP contribution in [0.3, 0.4) is 0 Å². The van der Waals surface area contributed by atoms with Crippen molar-refractivity contribution in [3.05, 3.63) is 89.1 Å². The number of carbonyl (C=O) groups is 1. The smallest absolute Gasteiger partial charge is 0.226 e. The highest BCUT2D eigenvalue weighted by molar-refractivity contribution is 6.30. The molecule has 1 aliphatic rings. The number of nitrogens with one attached hydrogen (secondary N) is 1. The largest absolute Gasteiger partial charge is 0.343 e. The molecule has 1 amide bonds. The van der Waals surface area contributed by atoms with Crippen LogP contribution in [0.5, 0.6) is 0 Å². The van der Waals surface area contributed by atoms with Crippen molar-refractivity contribution in [2.75, 3.05) is 0 Å². The number of hydrogen-bond acceptors (Lipinski definition) is 4. The van der Waals surface area contributed by atoms with Gasteiger partial charge in [-0.05, 0) is 23.8 Å². The second-order valence-electron chi connectivity index (χ2n) is 8.59. The van der Waals surface area contributed by atoms with Crippen molar-refractivity contribution >= 4 is 28.4 Å². The Labute approximate surface area is 192 Å². The summed E-state index contributed by atoms with van der Waals surface area (Å²) in [6.45, 7) is 5.59. The third-order valence-corrected chi connectivity index (χ3v) is 5.42. The number of nitrogens with zero attached hydrogens (tertiary/aromatic N) is 3. The second-order valence-corrected chi connectivity index (χ2v) is 8.95. The van der Waals surface area contributed by atoms with Crippen LogP contribution in [0.15, 0.2) is 67.0 Å². The van der Waals surface area contributed by atoms with Crippen molar-refractivity contribution < 1.29 is 4.79 Å². The van der Waals surface area contributed by atoms with E-state index >= 15 is 0 Å². The first-order valence-corrected chi connectivity index (χ1v) is 10.7. The minimum Gasteiger partial charge on any atom is -0.343 e. The molecule has 0 spiro atoms. The number of halogens is 1. The van der Waals surface area contributed by atoms with Crippen LogP contribution in [-0.4, -0.2) is 20.9 Å². The molecule has 2 atom stereocenters. The lowest BCUT2D eigenvalue weighted by atomic mass is 9.93. The van der Waals surface area contributed by atoms with Gasteiger partial charge >= 0.3 is 0 Å². The average molecular weight is 443 g/mol. The van der Waals surface area contributed by atoms with Gasteiger partial charge < -0.3 is 5.32 Å². The predicted octanol–water partition coefficient (Wildman–Crippen LogP) is 5.14. The first-order chi connectivity index (χ1) is 15.3. The normalized spacial score (nSPS) is 16.2. The number of benzene rings is 1. The van der Waals surface area contributed by atoms with E-state index in [1.807, 2.05) is 75.4 Å². The second kappa shape index (κ2) is 8.94. The maximum atomic E-state index is 12.8. The number of amides is 1. The Morgan fingerprint density at radius 3 is 2.69 bits per heavy atom. The summed E-state index contributed by atoms with van der Waals surface area (Å²) in [6.07, 6.45) is 10.8. The molecule has 0 saturated heterocycles. The van der Waals surface area contributed by atoms with E-state index in [1.165, 1.54) is 6.20 Å². The zero-order chi connectivity index (χ0) is 22.7. The first kappa shape index (κ1) is 21.7. The lowest BCUT2D eigenvalue weighted by molar-refractivity contribution is -0.129. The Hall–Kier alpha value is -3.49. The van der Waals surface area contributed by atoms with Gasteiger partial charge in [-0.1, -0.05) is 80.6 Å². The monoisotopic (exact) mass is 442 g/mol. The summed E-state index contributed by atoms with van der Waals surface area (Å²) in [6, 6.07) is 9.38. The Balaban J connectivity index is 1.78. The highest BCUT2D eigenvalue weighted by Gasteiger charge is 2.28. The molecular formula is C26H23ClN4O. The molecule has 0 aliphatic heterocycles. The van der Waals surface area contributed by atoms with Crippen molar-refractivity contribution in [1.29, 1.82) is 0 Å². The molecule has 0 saturated carbocycles. The number of fused-ring (bicyclic) bond motifs is 1. The van der Waals surface area contributed by atoms with Gasteiger partial charge in [-0.15, -0.1) is 0 Å². The number of carbonyl (C=O) groups excluding carboxylic acids is 1. The molecular weight excluding hydrogens is 420 g/mol. The van der Waals surface area contributed by atoms with Crippen LogP contribution in [0.2, 0.25) is 5.15 Å². The molecule has 1 aliphatic carbocycles. The van der Waals surface area contributed by atoms with Gasteiger partial charge in [0.15, 0.2) is 5.15 Å². The number of hydrogen-bond donors (Lipinski definition) is 1. The quantitative estimate of drug-likeness (QED) is 0.568. The summed E-state index contributed by atoms with van der Waals surface area (Å²) < 4.78 is 0. The van der Waals surface area contributed by atoms with Crippen molar-refractivity contribution in [1.82, 2.24) is 20.3 Å². The predicted molar refractivity (Wildman–Crippen MR) is 127 cm³/mol. The van der Waals surface area contributed by atoms with Crippen molar-refractivity contribution in [3.63, 3.8) is 0 Å². The van der Waals surface area contributed by atoms with E-state index in [0.717, 1.165) is 22.2 Å². The third kappa shape index (κ3) is 4.71. The van der Waals surface area contributed by atoms with Crippen LogP contribution in [0.25, 0.3) is 10.9 Å². The highest BCUT2D eigenvalue weighted by Crippen LogP contribution is 2.29. The van der Waals surface area contributed by atoms with Gasteiger partial charge in [-0.3, -0.25) is 14.8 Å². The molecule has 2 unspecified atom stereocenters. The fourth-order valence-electron chi connectivity index (χ4n) is 3.32. The van der Waals surface area contributed by atoms with Gasteiger partial charge in [0.2, 0.25) is 5.91 Å². The summed E-state index contributed by atoms with van der Waals surface area (Å²) in [7, 11) is 0. The Morgan fingerprint density at radius 1 is 1.12 bits per heavy atom. The Kier molecular flexibility index (Phi) is 6.07. The molecule has 160 valence electrons. The van der Waals surface area contributed by atoms with E-state index in [9.17, 15) is 4.79 Å². The molecule has 0 fully saturated rings. The molecule has 5 nitrogen and oxygen atoms in total. The average Bonchev–Trinajstić information content (AvgIpc) is 3.06. The van der Waals surface area contributed by atoms with Gasteiger partial charge in [0, 0.05) is 23.2 Å². The summed E-state index contributed by atoms with van der Waals surface area (Å²) in [5, 5.41) is 4.33. The Bertz CT molecular complexity index is 1290. The lowest BCUT2D eigenvalue weighted by Gasteiger charge is -2.25. The molecule has 6 heteroatoms. The van der Waals surface area contributed by atoms with Crippen molar-refractivity contribution in [2.24, 2.45) is 5.41 Å². The summed E-state index contributed by atoms with van der Waals surface area (Å²) in [4.78, 5) is 26.3. The molecule has 1 N–H and O–H groups in total. The number of pyridine rings is 1. The van der Waals surface area contributed by atoms with Crippen LogP contribution in [0.1, 0.15) is 49.7 Å². The molecule has 4 rings (SSSR count). The van der Waals surface area contributed by atoms with Crippen LogP contribution in [0, 0.1) is 17.3 Å². The van der Waals surface area contributed by atoms with Gasteiger partial charge in [0.05, 0.1) is 23.2 Å². The molecule has 2 aromatic heterocycles. The molecule has 2 heterocycles. The van der Waals surface area contributed by atoms with Gasteiger partial charge in [0.25, 0.3) is 0 Å². The molecule has 3 aromatic rings. The van der Waals surface area contributed by atoms with Crippen LogP contribution in [0.4, 0.5) is 0 Å². The van der Waals surface area contributed by atoms with E-state index in [1.54, 1.807) is 6.20 Å². The lowest BCUT2D eigenvalue weighted by Crippen LogP contribution is -2.38. The zero-order valence-corrected chi connectivity index (χ0v) is 18.9. The van der Waals surface area contributed by atoms with Crippen molar-refractivity contribution in [3.8, 4) is 11.8 Å². The van der Waals surface area contributed by atoms with E-state index in [-0.39, 0.29) is 17.0 Å². The third-order valence-electron chi connectivity index (χ3n) is 5.13. The fraction of sp³-hybridized carbons (Fsp3) is 0.231. The number of rotatable bonds is 4. The summed E-state index contributed by atoms with van der Waals surface area (Å²) in [5.74, 6) is 6.03. The Morgan fingerprint density at radius 2 is 1.91 bits per heavy atom. The zero-order valence-electron chi connectivity index (χ0n) is 18.1. The maximum Gasteiger partial charge on any atom is 0.226 e. The minimum absolute atomic E-state index is 0.0797. The van der Waals surface area contributed by atoms with E-state index < -0.39 is 11.5 Å². The van der Waals surface area contributed by atoms with Crippen LogP contribution >= 0.6 is 11.6 Å². The van der Waals surface area contributed by atoms with Crippen molar-refractivity contribution in [2.45, 2.75) is 32.7 Å². The van der Waals surface area contributed by atoms with Crippen LogP contribution < -0.4 is 5.32 Å². The van der Waals surface area contributed by atoms with E-state index in [4.69, 9.17) is 16.6 Å². The maximum absolute atomic E-state index is 12.8. The minimum atomic E-state index is -0.576. The number of aromatic nitrogens is 3. The van der Waals surface area contributed by atoms with Gasteiger partial charge in [0.1, 0.15) is 5.69 Å². The number of allylic oxidation sites excluding steroid dienone is 4. The summed E-state index contributed by atoms with van der Waals surface area (Å²) in [5.41, 5.74) is 2.42. The molecule has 0 radical (unpaired) electrons.